The van der Waals surface area contributed by atoms with Crippen molar-refractivity contribution >= 4 is 12.0 Å². The van der Waals surface area contributed by atoms with Crippen molar-refractivity contribution in [2.45, 2.75) is 6.42 Å². The Hall–Kier alpha value is -2.30. The van der Waals surface area contributed by atoms with Crippen LogP contribution in [0.3, 0.4) is 0 Å². The monoisotopic (exact) mass is 262 g/mol. The van der Waals surface area contributed by atoms with Gasteiger partial charge in [0.1, 0.15) is 6.61 Å². The highest BCUT2D eigenvalue weighted by atomic mass is 16.5. The van der Waals surface area contributed by atoms with E-state index < -0.39 is 6.09 Å². The Balaban J connectivity index is 2.11. The zero-order valence-electron chi connectivity index (χ0n) is 10.7. The van der Waals surface area contributed by atoms with Gasteiger partial charge in [-0.05, 0) is 5.56 Å². The number of ether oxygens (including phenoxy) is 1. The molecule has 1 aromatic rings. The minimum Gasteiger partial charge on any atom is -0.445 e. The zero-order valence-corrected chi connectivity index (χ0v) is 10.7. The number of amides is 2. The average molecular weight is 262 g/mol. The Morgan fingerprint density at radius 3 is 2.53 bits per heavy atom. The van der Waals surface area contributed by atoms with Crippen LogP contribution in [-0.2, 0) is 16.0 Å². The van der Waals surface area contributed by atoms with E-state index in [1.165, 1.54) is 6.08 Å². The lowest BCUT2D eigenvalue weighted by molar-refractivity contribution is -0.120. The molecule has 0 aliphatic carbocycles. The summed E-state index contributed by atoms with van der Waals surface area (Å²) in [5.41, 5.74) is 0.957. The number of alkyl carbamates (subject to hydrolysis) is 1. The molecular weight excluding hydrogens is 244 g/mol. The molecule has 0 fully saturated rings. The van der Waals surface area contributed by atoms with Crippen LogP contribution in [0.25, 0.3) is 0 Å². The first-order chi connectivity index (χ1) is 9.22. The molecule has 0 aliphatic rings. The summed E-state index contributed by atoms with van der Waals surface area (Å²) in [5.74, 6) is -0.0764. The first kappa shape index (κ1) is 14.8. The second kappa shape index (κ2) is 8.74. The summed E-state index contributed by atoms with van der Waals surface area (Å²) in [4.78, 5) is 22.6. The zero-order chi connectivity index (χ0) is 13.9. The highest BCUT2D eigenvalue weighted by Crippen LogP contribution is 1.98. The molecular formula is C14H18N2O3. The molecule has 0 spiro atoms. The van der Waals surface area contributed by atoms with Gasteiger partial charge in [0, 0.05) is 13.1 Å². The lowest BCUT2D eigenvalue weighted by atomic mass is 10.1. The third-order valence-electron chi connectivity index (χ3n) is 2.26. The number of carbonyl (C=O) groups excluding carboxylic acids is 2. The highest BCUT2D eigenvalue weighted by Gasteiger charge is 2.03. The van der Waals surface area contributed by atoms with Crippen LogP contribution in [0.4, 0.5) is 4.79 Å². The van der Waals surface area contributed by atoms with Gasteiger partial charge >= 0.3 is 6.09 Å². The summed E-state index contributed by atoms with van der Waals surface area (Å²) in [5, 5.41) is 5.23. The molecule has 19 heavy (non-hydrogen) atoms. The minimum atomic E-state index is -0.516. The van der Waals surface area contributed by atoms with Crippen molar-refractivity contribution in [3.63, 3.8) is 0 Å². The van der Waals surface area contributed by atoms with Gasteiger partial charge < -0.3 is 15.4 Å². The molecule has 0 unspecified atom stereocenters. The Morgan fingerprint density at radius 2 is 1.84 bits per heavy atom. The smallest absolute Gasteiger partial charge is 0.407 e. The van der Waals surface area contributed by atoms with Crippen LogP contribution in [0.1, 0.15) is 5.56 Å². The normalized spacial score (nSPS) is 9.47. The standard InChI is InChI=1S/C14H18N2O3/c1-2-10-19-14(18)16-9-8-15-13(17)11-12-6-4-3-5-7-12/h2-7H,1,8-11H2,(H,15,17)(H,16,18). The first-order valence-electron chi connectivity index (χ1n) is 6.04. The maximum atomic E-state index is 11.6. The Kier molecular flexibility index (Phi) is 6.79. The van der Waals surface area contributed by atoms with E-state index in [0.29, 0.717) is 19.5 Å². The third kappa shape index (κ3) is 6.88. The summed E-state index contributed by atoms with van der Waals surface area (Å²) < 4.78 is 4.71. The highest BCUT2D eigenvalue weighted by molar-refractivity contribution is 5.78. The molecule has 0 bridgehead atoms. The molecule has 0 atom stereocenters. The second-order valence-electron chi connectivity index (χ2n) is 3.83. The maximum Gasteiger partial charge on any atom is 0.407 e. The fourth-order valence-electron chi connectivity index (χ4n) is 1.40. The topological polar surface area (TPSA) is 67.4 Å². The minimum absolute atomic E-state index is 0.0764. The van der Waals surface area contributed by atoms with Gasteiger partial charge in [-0.2, -0.15) is 0 Å². The van der Waals surface area contributed by atoms with Crippen molar-refractivity contribution in [1.82, 2.24) is 10.6 Å². The molecule has 102 valence electrons. The first-order valence-corrected chi connectivity index (χ1v) is 6.04. The van der Waals surface area contributed by atoms with Crippen molar-refractivity contribution in [2.24, 2.45) is 0 Å². The summed E-state index contributed by atoms with van der Waals surface area (Å²) in [6.07, 6.45) is 1.31. The van der Waals surface area contributed by atoms with Gasteiger partial charge in [-0.1, -0.05) is 43.0 Å². The van der Waals surface area contributed by atoms with Gasteiger partial charge in [-0.25, -0.2) is 4.79 Å². The number of nitrogens with one attached hydrogen (secondary N) is 2. The quantitative estimate of drug-likeness (QED) is 0.574. The molecule has 0 radical (unpaired) electrons. The number of rotatable bonds is 7. The van der Waals surface area contributed by atoms with Crippen LogP contribution < -0.4 is 10.6 Å². The number of hydrogen-bond donors (Lipinski definition) is 2. The van der Waals surface area contributed by atoms with Crippen LogP contribution in [0.15, 0.2) is 43.0 Å². The van der Waals surface area contributed by atoms with Crippen molar-refractivity contribution in [3.8, 4) is 0 Å². The van der Waals surface area contributed by atoms with E-state index in [0.717, 1.165) is 5.56 Å². The molecule has 0 aromatic heterocycles. The molecule has 5 heteroatoms. The summed E-state index contributed by atoms with van der Waals surface area (Å²) in [7, 11) is 0. The van der Waals surface area contributed by atoms with E-state index >= 15 is 0 Å². The second-order valence-corrected chi connectivity index (χ2v) is 3.83. The predicted molar refractivity (Wildman–Crippen MR) is 72.7 cm³/mol. The SMILES string of the molecule is C=CCOC(=O)NCCNC(=O)Cc1ccccc1. The molecule has 0 saturated carbocycles. The lowest BCUT2D eigenvalue weighted by Crippen LogP contribution is -2.35. The molecule has 2 amide bonds. The fourth-order valence-corrected chi connectivity index (χ4v) is 1.40. The lowest BCUT2D eigenvalue weighted by Gasteiger charge is -2.07. The molecule has 2 N–H and O–H groups in total. The van der Waals surface area contributed by atoms with Crippen molar-refractivity contribution in [1.29, 1.82) is 0 Å². The molecule has 1 rings (SSSR count). The van der Waals surface area contributed by atoms with Crippen LogP contribution in [0.2, 0.25) is 0 Å². The fraction of sp³-hybridized carbons (Fsp3) is 0.286. The Morgan fingerprint density at radius 1 is 1.16 bits per heavy atom. The van der Waals surface area contributed by atoms with E-state index in [9.17, 15) is 9.59 Å². The third-order valence-corrected chi connectivity index (χ3v) is 2.26. The number of carbonyl (C=O) groups is 2. The molecule has 0 saturated heterocycles. The predicted octanol–water partition coefficient (Wildman–Crippen LogP) is 1.26. The van der Waals surface area contributed by atoms with Gasteiger partial charge in [0.2, 0.25) is 5.91 Å². The van der Waals surface area contributed by atoms with Gasteiger partial charge in [0.25, 0.3) is 0 Å². The number of benzene rings is 1. The largest absolute Gasteiger partial charge is 0.445 e. The van der Waals surface area contributed by atoms with Crippen molar-refractivity contribution in [2.75, 3.05) is 19.7 Å². The van der Waals surface area contributed by atoms with Crippen molar-refractivity contribution in [3.05, 3.63) is 48.6 Å². The van der Waals surface area contributed by atoms with Crippen LogP contribution in [0, 0.1) is 0 Å². The maximum absolute atomic E-state index is 11.6. The van der Waals surface area contributed by atoms with E-state index in [1.54, 1.807) is 0 Å². The van der Waals surface area contributed by atoms with E-state index in [1.807, 2.05) is 30.3 Å². The Labute approximate surface area is 112 Å². The van der Waals surface area contributed by atoms with Crippen LogP contribution in [-0.4, -0.2) is 31.7 Å². The Bertz CT molecular complexity index is 418. The van der Waals surface area contributed by atoms with E-state index in [2.05, 4.69) is 17.2 Å². The van der Waals surface area contributed by atoms with Gasteiger partial charge in [0.15, 0.2) is 0 Å². The van der Waals surface area contributed by atoms with Crippen LogP contribution >= 0.6 is 0 Å². The van der Waals surface area contributed by atoms with Crippen LogP contribution in [0.5, 0.6) is 0 Å². The van der Waals surface area contributed by atoms with E-state index in [-0.39, 0.29) is 12.5 Å². The van der Waals surface area contributed by atoms with Gasteiger partial charge in [0.05, 0.1) is 6.42 Å². The summed E-state index contributed by atoms with van der Waals surface area (Å²) >= 11 is 0. The van der Waals surface area contributed by atoms with Gasteiger partial charge in [-0.15, -0.1) is 0 Å². The number of hydrogen-bond acceptors (Lipinski definition) is 3. The summed E-state index contributed by atoms with van der Waals surface area (Å²) in [6, 6.07) is 9.47. The van der Waals surface area contributed by atoms with Gasteiger partial charge in [-0.3, -0.25) is 4.79 Å². The van der Waals surface area contributed by atoms with Crippen molar-refractivity contribution < 1.29 is 14.3 Å². The average Bonchev–Trinajstić information content (AvgIpc) is 2.42. The molecule has 0 heterocycles. The molecule has 5 nitrogen and oxygen atoms in total. The summed E-state index contributed by atoms with van der Waals surface area (Å²) in [6.45, 7) is 4.30. The molecule has 1 aromatic carbocycles. The molecule has 0 aliphatic heterocycles. The van der Waals surface area contributed by atoms with E-state index in [4.69, 9.17) is 4.74 Å².